The SMILES string of the molecule is CCCCC1(C(C)C)CCNCC1. The molecule has 0 aliphatic carbocycles. The molecule has 0 saturated carbocycles. The Morgan fingerprint density at radius 3 is 2.31 bits per heavy atom. The van der Waals surface area contributed by atoms with E-state index in [1.165, 1.54) is 45.2 Å². The van der Waals surface area contributed by atoms with E-state index in [0.29, 0.717) is 5.41 Å². The fraction of sp³-hybridized carbons (Fsp3) is 1.00. The second-order valence-corrected chi connectivity index (χ2v) is 4.87. The van der Waals surface area contributed by atoms with Crippen LogP contribution in [0.2, 0.25) is 0 Å². The van der Waals surface area contributed by atoms with E-state index in [2.05, 4.69) is 26.1 Å². The van der Waals surface area contributed by atoms with Gasteiger partial charge in [0, 0.05) is 0 Å². The van der Waals surface area contributed by atoms with Crippen molar-refractivity contribution in [1.82, 2.24) is 5.32 Å². The molecule has 1 rings (SSSR count). The number of piperidine rings is 1. The summed E-state index contributed by atoms with van der Waals surface area (Å²) in [5, 5.41) is 3.47. The molecular formula is C12H25N. The van der Waals surface area contributed by atoms with Gasteiger partial charge < -0.3 is 5.32 Å². The normalized spacial score (nSPS) is 22.2. The van der Waals surface area contributed by atoms with Crippen molar-refractivity contribution in [3.05, 3.63) is 0 Å². The van der Waals surface area contributed by atoms with Gasteiger partial charge in [0.1, 0.15) is 0 Å². The van der Waals surface area contributed by atoms with E-state index >= 15 is 0 Å². The molecule has 1 aliphatic rings. The Labute approximate surface area is 83.3 Å². The van der Waals surface area contributed by atoms with Gasteiger partial charge in [-0.3, -0.25) is 0 Å². The molecule has 0 aromatic heterocycles. The Balaban J connectivity index is 2.51. The molecule has 78 valence electrons. The zero-order valence-corrected chi connectivity index (χ0v) is 9.53. The molecule has 0 bridgehead atoms. The first-order valence-corrected chi connectivity index (χ1v) is 5.92. The van der Waals surface area contributed by atoms with Gasteiger partial charge in [-0.15, -0.1) is 0 Å². The zero-order valence-electron chi connectivity index (χ0n) is 9.53. The maximum atomic E-state index is 3.47. The zero-order chi connectivity index (χ0) is 9.73. The average molecular weight is 183 g/mol. The molecular weight excluding hydrogens is 158 g/mol. The van der Waals surface area contributed by atoms with Crippen LogP contribution < -0.4 is 5.32 Å². The summed E-state index contributed by atoms with van der Waals surface area (Å²) < 4.78 is 0. The van der Waals surface area contributed by atoms with Gasteiger partial charge in [0.25, 0.3) is 0 Å². The molecule has 0 aromatic rings. The average Bonchev–Trinajstić information content (AvgIpc) is 2.16. The third-order valence-electron chi connectivity index (χ3n) is 3.85. The van der Waals surface area contributed by atoms with E-state index in [1.54, 1.807) is 0 Å². The molecule has 0 aromatic carbocycles. The molecule has 0 amide bonds. The van der Waals surface area contributed by atoms with Crippen LogP contribution in [0.4, 0.5) is 0 Å². The first-order chi connectivity index (χ1) is 6.21. The lowest BCUT2D eigenvalue weighted by molar-refractivity contribution is 0.111. The monoisotopic (exact) mass is 183 g/mol. The lowest BCUT2D eigenvalue weighted by atomic mass is 9.67. The smallest absolute Gasteiger partial charge is 0.00435 e. The van der Waals surface area contributed by atoms with Crippen LogP contribution >= 0.6 is 0 Å². The summed E-state index contributed by atoms with van der Waals surface area (Å²) in [6.45, 7) is 9.58. The molecule has 1 saturated heterocycles. The fourth-order valence-electron chi connectivity index (χ4n) is 2.57. The fourth-order valence-corrected chi connectivity index (χ4v) is 2.57. The highest BCUT2D eigenvalue weighted by molar-refractivity contribution is 4.86. The van der Waals surface area contributed by atoms with Crippen LogP contribution in [0.3, 0.4) is 0 Å². The third-order valence-corrected chi connectivity index (χ3v) is 3.85. The molecule has 13 heavy (non-hydrogen) atoms. The predicted molar refractivity (Wildman–Crippen MR) is 58.9 cm³/mol. The van der Waals surface area contributed by atoms with Crippen molar-refractivity contribution in [2.75, 3.05) is 13.1 Å². The third kappa shape index (κ3) is 2.70. The molecule has 1 heterocycles. The molecule has 1 N–H and O–H groups in total. The van der Waals surface area contributed by atoms with E-state index < -0.39 is 0 Å². The first kappa shape index (κ1) is 11.0. The van der Waals surface area contributed by atoms with Crippen LogP contribution in [0, 0.1) is 11.3 Å². The largest absolute Gasteiger partial charge is 0.317 e. The van der Waals surface area contributed by atoms with Crippen molar-refractivity contribution in [2.45, 2.75) is 52.9 Å². The summed E-state index contributed by atoms with van der Waals surface area (Å²) in [6.07, 6.45) is 7.00. The van der Waals surface area contributed by atoms with Crippen molar-refractivity contribution < 1.29 is 0 Å². The van der Waals surface area contributed by atoms with Crippen LogP contribution in [0.25, 0.3) is 0 Å². The minimum Gasteiger partial charge on any atom is -0.317 e. The highest BCUT2D eigenvalue weighted by Gasteiger charge is 2.33. The lowest BCUT2D eigenvalue weighted by Gasteiger charge is -2.41. The van der Waals surface area contributed by atoms with Gasteiger partial charge in [0.15, 0.2) is 0 Å². The molecule has 1 fully saturated rings. The van der Waals surface area contributed by atoms with Gasteiger partial charge in [-0.2, -0.15) is 0 Å². The minimum absolute atomic E-state index is 0.668. The van der Waals surface area contributed by atoms with Crippen LogP contribution in [0.5, 0.6) is 0 Å². The van der Waals surface area contributed by atoms with Gasteiger partial charge >= 0.3 is 0 Å². The number of unbranched alkanes of at least 4 members (excludes halogenated alkanes) is 1. The summed E-state index contributed by atoms with van der Waals surface area (Å²) in [5.41, 5.74) is 0.668. The van der Waals surface area contributed by atoms with E-state index in [-0.39, 0.29) is 0 Å². The summed E-state index contributed by atoms with van der Waals surface area (Å²) in [7, 11) is 0. The van der Waals surface area contributed by atoms with Gasteiger partial charge in [0.05, 0.1) is 0 Å². The molecule has 1 heteroatoms. The van der Waals surface area contributed by atoms with Gasteiger partial charge in [0.2, 0.25) is 0 Å². The van der Waals surface area contributed by atoms with Crippen molar-refractivity contribution in [3.63, 3.8) is 0 Å². The van der Waals surface area contributed by atoms with Gasteiger partial charge in [-0.1, -0.05) is 33.6 Å². The Bertz CT molecular complexity index is 134. The highest BCUT2D eigenvalue weighted by Crippen LogP contribution is 2.41. The second kappa shape index (κ2) is 4.99. The summed E-state index contributed by atoms with van der Waals surface area (Å²) >= 11 is 0. The Kier molecular flexibility index (Phi) is 4.24. The number of nitrogens with one attached hydrogen (secondary N) is 1. The van der Waals surface area contributed by atoms with Crippen LogP contribution in [0.1, 0.15) is 52.9 Å². The first-order valence-electron chi connectivity index (χ1n) is 5.92. The number of rotatable bonds is 4. The molecule has 0 spiro atoms. The molecule has 1 nitrogen and oxygen atoms in total. The molecule has 1 aliphatic heterocycles. The van der Waals surface area contributed by atoms with Gasteiger partial charge in [-0.25, -0.2) is 0 Å². The Morgan fingerprint density at radius 2 is 1.85 bits per heavy atom. The number of hydrogen-bond donors (Lipinski definition) is 1. The molecule has 0 atom stereocenters. The highest BCUT2D eigenvalue weighted by atomic mass is 14.9. The Hall–Kier alpha value is -0.0400. The van der Waals surface area contributed by atoms with Crippen LogP contribution in [-0.2, 0) is 0 Å². The van der Waals surface area contributed by atoms with Crippen LogP contribution in [0.15, 0.2) is 0 Å². The molecule has 0 unspecified atom stereocenters. The Morgan fingerprint density at radius 1 is 1.23 bits per heavy atom. The second-order valence-electron chi connectivity index (χ2n) is 4.87. The quantitative estimate of drug-likeness (QED) is 0.705. The summed E-state index contributed by atoms with van der Waals surface area (Å²) in [4.78, 5) is 0. The van der Waals surface area contributed by atoms with E-state index in [4.69, 9.17) is 0 Å². The van der Waals surface area contributed by atoms with Gasteiger partial charge in [-0.05, 0) is 43.7 Å². The molecule has 0 radical (unpaired) electrons. The maximum Gasteiger partial charge on any atom is -0.00435 e. The topological polar surface area (TPSA) is 12.0 Å². The van der Waals surface area contributed by atoms with Crippen LogP contribution in [-0.4, -0.2) is 13.1 Å². The van der Waals surface area contributed by atoms with E-state index in [0.717, 1.165) is 5.92 Å². The van der Waals surface area contributed by atoms with Crippen molar-refractivity contribution >= 4 is 0 Å². The summed E-state index contributed by atoms with van der Waals surface area (Å²) in [5.74, 6) is 0.862. The van der Waals surface area contributed by atoms with Crippen molar-refractivity contribution in [2.24, 2.45) is 11.3 Å². The summed E-state index contributed by atoms with van der Waals surface area (Å²) in [6, 6.07) is 0. The van der Waals surface area contributed by atoms with E-state index in [1.807, 2.05) is 0 Å². The minimum atomic E-state index is 0.668. The number of hydrogen-bond acceptors (Lipinski definition) is 1. The maximum absolute atomic E-state index is 3.47. The standard InChI is InChI=1S/C12H25N/c1-4-5-6-12(11(2)3)7-9-13-10-8-12/h11,13H,4-10H2,1-3H3. The van der Waals surface area contributed by atoms with Crippen molar-refractivity contribution in [3.8, 4) is 0 Å². The van der Waals surface area contributed by atoms with E-state index in [9.17, 15) is 0 Å². The lowest BCUT2D eigenvalue weighted by Crippen LogP contribution is -2.40. The van der Waals surface area contributed by atoms with Crippen molar-refractivity contribution in [1.29, 1.82) is 0 Å². The predicted octanol–water partition coefficient (Wildman–Crippen LogP) is 3.20.